The van der Waals surface area contributed by atoms with E-state index >= 15 is 0 Å². The van der Waals surface area contributed by atoms with Gasteiger partial charge in [-0.25, -0.2) is 4.79 Å². The van der Waals surface area contributed by atoms with Crippen molar-refractivity contribution in [3.8, 4) is 5.75 Å². The Labute approximate surface area is 160 Å². The van der Waals surface area contributed by atoms with Crippen LogP contribution in [-0.4, -0.2) is 26.9 Å². The number of ether oxygens (including phenoxy) is 1. The molecule has 0 aliphatic heterocycles. The van der Waals surface area contributed by atoms with E-state index < -0.39 is 11.6 Å². The molecule has 0 radical (unpaired) electrons. The summed E-state index contributed by atoms with van der Waals surface area (Å²) in [6.45, 7) is 3.17. The van der Waals surface area contributed by atoms with E-state index in [1.54, 1.807) is 18.2 Å². The van der Waals surface area contributed by atoms with Crippen molar-refractivity contribution in [2.75, 3.05) is 0 Å². The summed E-state index contributed by atoms with van der Waals surface area (Å²) in [4.78, 5) is 12.4. The Hall–Kier alpha value is -2.21. The van der Waals surface area contributed by atoms with E-state index in [-0.39, 0.29) is 13.2 Å². The van der Waals surface area contributed by atoms with Crippen molar-refractivity contribution in [3.63, 3.8) is 0 Å². The van der Waals surface area contributed by atoms with Crippen LogP contribution in [-0.2, 0) is 19.6 Å². The molecule has 3 N–H and O–H groups in total. The Balaban J connectivity index is 1.98. The summed E-state index contributed by atoms with van der Waals surface area (Å²) in [6.07, 6.45) is 3.47. The zero-order valence-electron chi connectivity index (χ0n) is 15.9. The van der Waals surface area contributed by atoms with Crippen LogP contribution in [0, 0.1) is 0 Å². The third-order valence-electron chi connectivity index (χ3n) is 4.40. The zero-order valence-corrected chi connectivity index (χ0v) is 15.9. The Morgan fingerprint density at radius 2 is 1.74 bits per heavy atom. The first kappa shape index (κ1) is 21.1. The number of aryl methyl sites for hydroxylation is 1. The molecule has 2 rings (SSSR count). The number of unbranched alkanes of at least 4 members (excludes halogenated alkanes) is 1. The first-order valence-corrected chi connectivity index (χ1v) is 9.19. The standard InChI is InChI=1S/C22H28O5/c1-22(2,26)11-4-3-6-16-7-5-8-20(12-16)27-21(25)17-9-10-18(14-23)19(13-17)15-24/h5,7-10,12-13,23-24,26H,3-4,6,11,14-15H2,1-2H3. The molecule has 0 bridgehead atoms. The molecule has 5 heteroatoms. The molecule has 2 aromatic carbocycles. The highest BCUT2D eigenvalue weighted by molar-refractivity contribution is 5.91. The predicted octanol–water partition coefficient (Wildman–Crippen LogP) is 3.37. The monoisotopic (exact) mass is 372 g/mol. The minimum absolute atomic E-state index is 0.194. The first-order chi connectivity index (χ1) is 12.8. The van der Waals surface area contributed by atoms with Crippen LogP contribution in [0.15, 0.2) is 42.5 Å². The number of carbonyl (C=O) groups is 1. The van der Waals surface area contributed by atoms with Gasteiger partial charge in [-0.3, -0.25) is 0 Å². The molecule has 0 saturated carbocycles. The lowest BCUT2D eigenvalue weighted by molar-refractivity contribution is 0.0681. The maximum absolute atomic E-state index is 12.4. The molecule has 0 aliphatic carbocycles. The lowest BCUT2D eigenvalue weighted by atomic mass is 9.99. The molecule has 0 unspecified atom stereocenters. The maximum atomic E-state index is 12.4. The highest BCUT2D eigenvalue weighted by Gasteiger charge is 2.13. The van der Waals surface area contributed by atoms with Crippen LogP contribution in [0.1, 0.15) is 60.2 Å². The maximum Gasteiger partial charge on any atom is 0.343 e. The van der Waals surface area contributed by atoms with Gasteiger partial charge in [0, 0.05) is 0 Å². The fourth-order valence-electron chi connectivity index (χ4n) is 2.87. The van der Waals surface area contributed by atoms with Crippen LogP contribution in [0.25, 0.3) is 0 Å². The zero-order chi connectivity index (χ0) is 19.9. The second-order valence-electron chi connectivity index (χ2n) is 7.36. The van der Waals surface area contributed by atoms with E-state index in [0.717, 1.165) is 31.2 Å². The molecule has 0 fully saturated rings. The molecular weight excluding hydrogens is 344 g/mol. The first-order valence-electron chi connectivity index (χ1n) is 9.19. The summed E-state index contributed by atoms with van der Waals surface area (Å²) in [6, 6.07) is 12.1. The summed E-state index contributed by atoms with van der Waals surface area (Å²) in [5, 5.41) is 28.3. The van der Waals surface area contributed by atoms with Crippen LogP contribution < -0.4 is 4.74 Å². The number of carbonyl (C=O) groups excluding carboxylic acids is 1. The summed E-state index contributed by atoms with van der Waals surface area (Å²) < 4.78 is 5.45. The van der Waals surface area contributed by atoms with Crippen LogP contribution in [0.5, 0.6) is 5.75 Å². The minimum atomic E-state index is -0.642. The van der Waals surface area contributed by atoms with Crippen molar-refractivity contribution in [1.82, 2.24) is 0 Å². The fourth-order valence-corrected chi connectivity index (χ4v) is 2.87. The number of rotatable bonds is 9. The van der Waals surface area contributed by atoms with Crippen molar-refractivity contribution >= 4 is 5.97 Å². The normalized spacial score (nSPS) is 11.4. The van der Waals surface area contributed by atoms with Gasteiger partial charge in [-0.15, -0.1) is 0 Å². The van der Waals surface area contributed by atoms with Gasteiger partial charge < -0.3 is 20.1 Å². The highest BCUT2D eigenvalue weighted by atomic mass is 16.5. The molecule has 5 nitrogen and oxygen atoms in total. The topological polar surface area (TPSA) is 87.0 Å². The molecule has 0 saturated heterocycles. The SMILES string of the molecule is CC(C)(O)CCCCc1cccc(OC(=O)c2ccc(CO)c(CO)c2)c1. The quantitative estimate of drug-likeness (QED) is 0.357. The van der Waals surface area contributed by atoms with Gasteiger partial charge >= 0.3 is 5.97 Å². The van der Waals surface area contributed by atoms with Gasteiger partial charge in [0.25, 0.3) is 0 Å². The number of aliphatic hydroxyl groups is 3. The largest absolute Gasteiger partial charge is 0.423 e. The Bertz CT molecular complexity index is 762. The van der Waals surface area contributed by atoms with Gasteiger partial charge in [0.2, 0.25) is 0 Å². The van der Waals surface area contributed by atoms with Crippen molar-refractivity contribution in [1.29, 1.82) is 0 Å². The molecule has 0 atom stereocenters. The van der Waals surface area contributed by atoms with Crippen molar-refractivity contribution < 1.29 is 24.9 Å². The third-order valence-corrected chi connectivity index (χ3v) is 4.40. The van der Waals surface area contributed by atoms with Crippen LogP contribution >= 0.6 is 0 Å². The Morgan fingerprint density at radius 1 is 1.00 bits per heavy atom. The van der Waals surface area contributed by atoms with Gasteiger partial charge in [-0.05, 0) is 74.1 Å². The van der Waals surface area contributed by atoms with Crippen LogP contribution in [0.3, 0.4) is 0 Å². The number of benzene rings is 2. The minimum Gasteiger partial charge on any atom is -0.423 e. The smallest absolute Gasteiger partial charge is 0.343 e. The second kappa shape index (κ2) is 9.65. The molecule has 0 amide bonds. The Kier molecular flexibility index (Phi) is 7.54. The molecule has 0 spiro atoms. The second-order valence-corrected chi connectivity index (χ2v) is 7.36. The summed E-state index contributed by atoms with van der Waals surface area (Å²) in [5.74, 6) is -0.0369. The molecule has 0 aliphatic rings. The van der Waals surface area contributed by atoms with E-state index in [1.807, 2.05) is 32.0 Å². The molecule has 0 heterocycles. The number of aliphatic hydroxyl groups excluding tert-OH is 2. The van der Waals surface area contributed by atoms with E-state index in [9.17, 15) is 20.1 Å². The molecular formula is C22H28O5. The van der Waals surface area contributed by atoms with Gasteiger partial charge in [0.1, 0.15) is 5.75 Å². The molecule has 27 heavy (non-hydrogen) atoms. The Morgan fingerprint density at radius 3 is 2.41 bits per heavy atom. The highest BCUT2D eigenvalue weighted by Crippen LogP contribution is 2.20. The lowest BCUT2D eigenvalue weighted by Gasteiger charge is -2.16. The summed E-state index contributed by atoms with van der Waals surface area (Å²) in [5.41, 5.74) is 1.85. The lowest BCUT2D eigenvalue weighted by Crippen LogP contribution is -2.17. The van der Waals surface area contributed by atoms with Gasteiger partial charge in [0.05, 0.1) is 24.4 Å². The predicted molar refractivity (Wildman–Crippen MR) is 104 cm³/mol. The van der Waals surface area contributed by atoms with Gasteiger partial charge in [0.15, 0.2) is 0 Å². The van der Waals surface area contributed by atoms with E-state index in [0.29, 0.717) is 22.4 Å². The van der Waals surface area contributed by atoms with Crippen molar-refractivity contribution in [2.45, 2.75) is 58.3 Å². The average Bonchev–Trinajstić information content (AvgIpc) is 2.64. The molecule has 0 aromatic heterocycles. The van der Waals surface area contributed by atoms with E-state index in [2.05, 4.69) is 0 Å². The summed E-state index contributed by atoms with van der Waals surface area (Å²) in [7, 11) is 0. The number of esters is 1. The fraction of sp³-hybridized carbons (Fsp3) is 0.409. The third kappa shape index (κ3) is 6.79. The van der Waals surface area contributed by atoms with Crippen LogP contribution in [0.2, 0.25) is 0 Å². The number of hydrogen-bond acceptors (Lipinski definition) is 5. The van der Waals surface area contributed by atoms with Crippen molar-refractivity contribution in [2.24, 2.45) is 0 Å². The number of hydrogen-bond donors (Lipinski definition) is 3. The van der Waals surface area contributed by atoms with Crippen LogP contribution in [0.4, 0.5) is 0 Å². The van der Waals surface area contributed by atoms with Crippen molar-refractivity contribution in [3.05, 3.63) is 64.7 Å². The van der Waals surface area contributed by atoms with Gasteiger partial charge in [-0.2, -0.15) is 0 Å². The van der Waals surface area contributed by atoms with E-state index in [4.69, 9.17) is 4.74 Å². The molecule has 146 valence electrons. The average molecular weight is 372 g/mol. The van der Waals surface area contributed by atoms with Gasteiger partial charge in [-0.1, -0.05) is 24.6 Å². The summed E-state index contributed by atoms with van der Waals surface area (Å²) >= 11 is 0. The van der Waals surface area contributed by atoms with E-state index in [1.165, 1.54) is 6.07 Å². The molecule has 2 aromatic rings.